The molecule has 0 saturated heterocycles. The number of rotatable bonds is 6. The lowest BCUT2D eigenvalue weighted by Gasteiger charge is -2.41. The summed E-state index contributed by atoms with van der Waals surface area (Å²) in [6, 6.07) is 2.69. The zero-order valence-corrected chi connectivity index (χ0v) is 11.0. The zero-order chi connectivity index (χ0) is 14.8. The molecule has 108 valence electrons. The summed E-state index contributed by atoms with van der Waals surface area (Å²) in [5, 5.41) is 22.9. The number of nitrogens with one attached hydrogen (secondary N) is 1. The summed E-state index contributed by atoms with van der Waals surface area (Å²) < 4.78 is 4.95. The van der Waals surface area contributed by atoms with E-state index in [0.717, 1.165) is 6.42 Å². The van der Waals surface area contributed by atoms with Crippen molar-refractivity contribution >= 4 is 17.5 Å². The fourth-order valence-electron chi connectivity index (χ4n) is 2.28. The second-order valence-electron chi connectivity index (χ2n) is 4.81. The van der Waals surface area contributed by atoms with Crippen molar-refractivity contribution in [3.05, 3.63) is 22.2 Å². The summed E-state index contributed by atoms with van der Waals surface area (Å²) in [6.45, 7) is 0. The number of carbonyl (C=O) groups is 1. The molecule has 1 fully saturated rings. The molecule has 1 heterocycles. The van der Waals surface area contributed by atoms with Gasteiger partial charge in [0.2, 0.25) is 11.7 Å². The fourth-order valence-corrected chi connectivity index (χ4v) is 2.28. The predicted octanol–water partition coefficient (Wildman–Crippen LogP) is 1.81. The molecule has 1 aliphatic rings. The highest BCUT2D eigenvalue weighted by Gasteiger charge is 2.40. The molecule has 2 N–H and O–H groups in total. The topological polar surface area (TPSA) is 115 Å². The number of nitro groups is 1. The van der Waals surface area contributed by atoms with Gasteiger partial charge in [0.25, 0.3) is 0 Å². The minimum absolute atomic E-state index is 0.0512. The largest absolute Gasteiger partial charge is 0.481 e. The fraction of sp³-hybridized carbons (Fsp3) is 0.500. The summed E-state index contributed by atoms with van der Waals surface area (Å²) in [6.07, 6.45) is 2.09. The molecule has 1 aliphatic carbocycles. The Labute approximate surface area is 114 Å². The highest BCUT2D eigenvalue weighted by molar-refractivity contribution is 5.70. The molecule has 1 saturated carbocycles. The molecule has 0 radical (unpaired) electrons. The Hall–Kier alpha value is -2.38. The van der Waals surface area contributed by atoms with Gasteiger partial charge in [-0.15, -0.1) is 0 Å². The third-order valence-electron chi connectivity index (χ3n) is 3.44. The minimum Gasteiger partial charge on any atom is -0.481 e. The lowest BCUT2D eigenvalue weighted by atomic mass is 9.74. The van der Waals surface area contributed by atoms with Crippen LogP contribution in [0.25, 0.3) is 0 Å². The van der Waals surface area contributed by atoms with Crippen LogP contribution in [0.2, 0.25) is 0 Å². The van der Waals surface area contributed by atoms with Crippen molar-refractivity contribution in [1.82, 2.24) is 4.98 Å². The maximum atomic E-state index is 11.0. The standard InChI is InChI=1S/C12H15N3O5/c1-20-9-4-3-8(15(18)19)11(13-9)14-12(5-2-6-12)7-10(16)17/h3-4H,2,5-7H2,1H3,(H,13,14)(H,16,17). The molecule has 0 bridgehead atoms. The molecule has 0 aliphatic heterocycles. The van der Waals surface area contributed by atoms with Crippen molar-refractivity contribution in [1.29, 1.82) is 0 Å². The van der Waals surface area contributed by atoms with E-state index in [1.807, 2.05) is 0 Å². The lowest BCUT2D eigenvalue weighted by Crippen LogP contribution is -2.47. The van der Waals surface area contributed by atoms with Crippen LogP contribution in [0.5, 0.6) is 5.88 Å². The highest BCUT2D eigenvalue weighted by Crippen LogP contribution is 2.40. The Morgan fingerprint density at radius 1 is 1.60 bits per heavy atom. The highest BCUT2D eigenvalue weighted by atomic mass is 16.6. The van der Waals surface area contributed by atoms with Gasteiger partial charge >= 0.3 is 11.7 Å². The monoisotopic (exact) mass is 281 g/mol. The number of carboxylic acids is 1. The number of aliphatic carboxylic acids is 1. The van der Waals surface area contributed by atoms with E-state index in [1.54, 1.807) is 0 Å². The summed E-state index contributed by atoms with van der Waals surface area (Å²) in [5.41, 5.74) is -0.849. The van der Waals surface area contributed by atoms with Crippen LogP contribution in [0.1, 0.15) is 25.7 Å². The zero-order valence-electron chi connectivity index (χ0n) is 11.0. The van der Waals surface area contributed by atoms with E-state index < -0.39 is 16.4 Å². The smallest absolute Gasteiger partial charge is 0.311 e. The number of aromatic nitrogens is 1. The molecule has 0 atom stereocenters. The molecule has 8 nitrogen and oxygen atoms in total. The molecule has 0 amide bonds. The third-order valence-corrected chi connectivity index (χ3v) is 3.44. The van der Waals surface area contributed by atoms with E-state index in [4.69, 9.17) is 9.84 Å². The van der Waals surface area contributed by atoms with Gasteiger partial charge in [0, 0.05) is 17.7 Å². The number of hydrogen-bond acceptors (Lipinski definition) is 6. The summed E-state index contributed by atoms with van der Waals surface area (Å²) in [7, 11) is 1.41. The Kier molecular flexibility index (Phi) is 3.73. The normalized spacial score (nSPS) is 16.1. The van der Waals surface area contributed by atoms with Gasteiger partial charge < -0.3 is 15.2 Å². The van der Waals surface area contributed by atoms with Crippen LogP contribution >= 0.6 is 0 Å². The maximum Gasteiger partial charge on any atom is 0.311 e. The summed E-state index contributed by atoms with van der Waals surface area (Å²) >= 11 is 0. The van der Waals surface area contributed by atoms with Gasteiger partial charge in [-0.25, -0.2) is 0 Å². The van der Waals surface area contributed by atoms with Gasteiger partial charge in [-0.3, -0.25) is 14.9 Å². The van der Waals surface area contributed by atoms with Crippen LogP contribution in [-0.2, 0) is 4.79 Å². The van der Waals surface area contributed by atoms with E-state index in [1.165, 1.54) is 19.2 Å². The van der Waals surface area contributed by atoms with E-state index in [-0.39, 0.29) is 23.8 Å². The predicted molar refractivity (Wildman–Crippen MR) is 69.9 cm³/mol. The number of nitrogens with zero attached hydrogens (tertiary/aromatic N) is 2. The SMILES string of the molecule is COc1ccc([N+](=O)[O-])c(NC2(CC(=O)O)CCC2)n1. The van der Waals surface area contributed by atoms with Gasteiger partial charge in [-0.2, -0.15) is 4.98 Å². The molecule has 2 rings (SSSR count). The van der Waals surface area contributed by atoms with Crippen molar-refractivity contribution in [3.63, 3.8) is 0 Å². The Balaban J connectivity index is 2.30. The number of ether oxygens (including phenoxy) is 1. The van der Waals surface area contributed by atoms with Gasteiger partial charge in [0.15, 0.2) is 0 Å². The molecular weight excluding hydrogens is 266 g/mol. The number of carboxylic acid groups (broad SMARTS) is 1. The van der Waals surface area contributed by atoms with Crippen LogP contribution in [0.3, 0.4) is 0 Å². The summed E-state index contributed by atoms with van der Waals surface area (Å²) in [4.78, 5) is 25.4. The molecule has 0 unspecified atom stereocenters. The van der Waals surface area contributed by atoms with Crippen LogP contribution in [0.15, 0.2) is 12.1 Å². The van der Waals surface area contributed by atoms with E-state index in [0.29, 0.717) is 12.8 Å². The molecule has 20 heavy (non-hydrogen) atoms. The minimum atomic E-state index is -0.942. The van der Waals surface area contributed by atoms with Crippen molar-refractivity contribution in [3.8, 4) is 5.88 Å². The molecular formula is C12H15N3O5. The van der Waals surface area contributed by atoms with Crippen LogP contribution < -0.4 is 10.1 Å². The van der Waals surface area contributed by atoms with E-state index in [9.17, 15) is 14.9 Å². The van der Waals surface area contributed by atoms with Crippen LogP contribution in [-0.4, -0.2) is 33.6 Å². The third kappa shape index (κ3) is 2.79. The van der Waals surface area contributed by atoms with Crippen LogP contribution in [0, 0.1) is 10.1 Å². The molecule has 1 aromatic heterocycles. The van der Waals surface area contributed by atoms with E-state index >= 15 is 0 Å². The number of hydrogen-bond donors (Lipinski definition) is 2. The van der Waals surface area contributed by atoms with Crippen LogP contribution in [0.4, 0.5) is 11.5 Å². The molecule has 8 heteroatoms. The number of anilines is 1. The van der Waals surface area contributed by atoms with Crippen molar-refractivity contribution in [2.45, 2.75) is 31.2 Å². The van der Waals surface area contributed by atoms with E-state index in [2.05, 4.69) is 10.3 Å². The first kappa shape index (κ1) is 14.0. The Morgan fingerprint density at radius 3 is 2.75 bits per heavy atom. The molecule has 1 aromatic rings. The van der Waals surface area contributed by atoms with Crippen molar-refractivity contribution in [2.75, 3.05) is 12.4 Å². The van der Waals surface area contributed by atoms with Gasteiger partial charge in [-0.05, 0) is 19.3 Å². The first-order chi connectivity index (χ1) is 9.46. The average Bonchev–Trinajstić information content (AvgIpc) is 2.35. The molecule has 0 aromatic carbocycles. The summed E-state index contributed by atoms with van der Waals surface area (Å²) in [5.74, 6) is -0.652. The Bertz CT molecular complexity index is 542. The first-order valence-corrected chi connectivity index (χ1v) is 6.15. The van der Waals surface area contributed by atoms with Gasteiger partial charge in [-0.1, -0.05) is 0 Å². The lowest BCUT2D eigenvalue weighted by molar-refractivity contribution is -0.384. The second-order valence-corrected chi connectivity index (χ2v) is 4.81. The Morgan fingerprint density at radius 2 is 2.30 bits per heavy atom. The van der Waals surface area contributed by atoms with Crippen molar-refractivity contribution in [2.24, 2.45) is 0 Å². The van der Waals surface area contributed by atoms with Crippen molar-refractivity contribution < 1.29 is 19.6 Å². The first-order valence-electron chi connectivity index (χ1n) is 6.15. The maximum absolute atomic E-state index is 11.0. The van der Waals surface area contributed by atoms with Gasteiger partial charge in [0.1, 0.15) is 0 Å². The number of methoxy groups -OCH3 is 1. The average molecular weight is 281 g/mol. The molecule has 0 spiro atoms. The second kappa shape index (κ2) is 5.32. The van der Waals surface area contributed by atoms with Gasteiger partial charge in [0.05, 0.1) is 18.5 Å². The number of pyridine rings is 1. The quantitative estimate of drug-likeness (QED) is 0.603.